The van der Waals surface area contributed by atoms with Crippen LogP contribution in [0.5, 0.6) is 0 Å². The number of aromatic nitrogens is 2. The molecule has 0 aliphatic carbocycles. The number of nitrogens with one attached hydrogen (secondary N) is 1. The van der Waals surface area contributed by atoms with E-state index in [1.54, 1.807) is 55.5 Å². The number of para-hydroxylation sites is 2. The first-order chi connectivity index (χ1) is 14.9. The predicted molar refractivity (Wildman–Crippen MR) is 118 cm³/mol. The Morgan fingerprint density at radius 3 is 2.52 bits per heavy atom. The smallest absolute Gasteiger partial charge is 0.266 e. The van der Waals surface area contributed by atoms with Crippen molar-refractivity contribution in [2.24, 2.45) is 0 Å². The van der Waals surface area contributed by atoms with Crippen LogP contribution in [0, 0.1) is 11.6 Å². The van der Waals surface area contributed by atoms with Gasteiger partial charge >= 0.3 is 0 Å². The highest BCUT2D eigenvalue weighted by atomic mass is 32.2. The molecule has 1 atom stereocenters. The van der Waals surface area contributed by atoms with Crippen molar-refractivity contribution in [2.75, 3.05) is 5.32 Å². The van der Waals surface area contributed by atoms with Crippen molar-refractivity contribution in [3.63, 3.8) is 0 Å². The Morgan fingerprint density at radius 1 is 1.03 bits per heavy atom. The normalized spacial score (nSPS) is 12.0. The van der Waals surface area contributed by atoms with Crippen molar-refractivity contribution in [3.8, 4) is 5.69 Å². The molecule has 0 radical (unpaired) electrons. The van der Waals surface area contributed by atoms with E-state index in [2.05, 4.69) is 10.3 Å². The second-order valence-electron chi connectivity index (χ2n) is 6.76. The minimum absolute atomic E-state index is 0.246. The Kier molecular flexibility index (Phi) is 5.81. The lowest BCUT2D eigenvalue weighted by Crippen LogP contribution is -2.26. The summed E-state index contributed by atoms with van der Waals surface area (Å²) in [7, 11) is 0. The van der Waals surface area contributed by atoms with Gasteiger partial charge in [-0.2, -0.15) is 0 Å². The first-order valence-electron chi connectivity index (χ1n) is 9.44. The zero-order valence-electron chi connectivity index (χ0n) is 16.4. The van der Waals surface area contributed by atoms with Crippen LogP contribution >= 0.6 is 11.8 Å². The molecule has 1 amide bonds. The Morgan fingerprint density at radius 2 is 1.74 bits per heavy atom. The third kappa shape index (κ3) is 4.34. The molecule has 1 aromatic heterocycles. The zero-order chi connectivity index (χ0) is 22.0. The molecule has 0 saturated carbocycles. The lowest BCUT2D eigenvalue weighted by Gasteiger charge is -2.16. The van der Waals surface area contributed by atoms with Crippen LogP contribution in [0.25, 0.3) is 16.6 Å². The topological polar surface area (TPSA) is 64.0 Å². The first kappa shape index (κ1) is 20.7. The number of carbonyl (C=O) groups excluding carboxylic acids is 1. The van der Waals surface area contributed by atoms with Crippen LogP contribution in [0.2, 0.25) is 0 Å². The van der Waals surface area contributed by atoms with Crippen molar-refractivity contribution < 1.29 is 13.6 Å². The van der Waals surface area contributed by atoms with Gasteiger partial charge in [-0.25, -0.2) is 13.8 Å². The highest BCUT2D eigenvalue weighted by Gasteiger charge is 2.21. The van der Waals surface area contributed by atoms with Crippen molar-refractivity contribution in [1.29, 1.82) is 0 Å². The average molecular weight is 437 g/mol. The monoisotopic (exact) mass is 437 g/mol. The summed E-state index contributed by atoms with van der Waals surface area (Å²) in [5.74, 6) is -1.94. The van der Waals surface area contributed by atoms with Gasteiger partial charge in [0.15, 0.2) is 5.16 Å². The highest BCUT2D eigenvalue weighted by molar-refractivity contribution is 8.00. The molecule has 0 fully saturated rings. The Labute approximate surface area is 180 Å². The molecular weight excluding hydrogens is 420 g/mol. The van der Waals surface area contributed by atoms with Gasteiger partial charge in [0.05, 0.1) is 27.5 Å². The van der Waals surface area contributed by atoms with Crippen molar-refractivity contribution >= 4 is 34.3 Å². The third-order valence-electron chi connectivity index (χ3n) is 4.60. The van der Waals surface area contributed by atoms with E-state index in [9.17, 15) is 18.4 Å². The fourth-order valence-electron chi connectivity index (χ4n) is 3.04. The fourth-order valence-corrected chi connectivity index (χ4v) is 3.96. The molecule has 0 bridgehead atoms. The number of carbonyl (C=O) groups is 1. The fraction of sp³-hybridized carbons (Fsp3) is 0.0870. The van der Waals surface area contributed by atoms with E-state index in [4.69, 9.17) is 0 Å². The number of halogens is 2. The van der Waals surface area contributed by atoms with Crippen LogP contribution in [0.4, 0.5) is 14.5 Å². The van der Waals surface area contributed by atoms with E-state index in [1.165, 1.54) is 4.57 Å². The summed E-state index contributed by atoms with van der Waals surface area (Å²) < 4.78 is 28.7. The van der Waals surface area contributed by atoms with E-state index in [0.29, 0.717) is 21.7 Å². The first-order valence-corrected chi connectivity index (χ1v) is 10.3. The van der Waals surface area contributed by atoms with Gasteiger partial charge in [-0.05, 0) is 43.3 Å². The molecule has 3 aromatic carbocycles. The minimum atomic E-state index is -0.745. The number of fused-ring (bicyclic) bond motifs is 1. The van der Waals surface area contributed by atoms with Crippen LogP contribution in [0.3, 0.4) is 0 Å². The van der Waals surface area contributed by atoms with Gasteiger partial charge in [-0.15, -0.1) is 0 Å². The van der Waals surface area contributed by atoms with Gasteiger partial charge in [0.1, 0.15) is 11.6 Å². The number of nitrogens with zero attached hydrogens (tertiary/aromatic N) is 2. The van der Waals surface area contributed by atoms with Gasteiger partial charge in [0, 0.05) is 6.07 Å². The summed E-state index contributed by atoms with van der Waals surface area (Å²) >= 11 is 1.06. The molecule has 0 aliphatic rings. The molecule has 4 aromatic rings. The van der Waals surface area contributed by atoms with Crippen LogP contribution < -0.4 is 10.9 Å². The number of rotatable bonds is 5. The number of benzene rings is 3. The predicted octanol–water partition coefficient (Wildman–Crippen LogP) is 4.78. The molecule has 31 heavy (non-hydrogen) atoms. The second kappa shape index (κ2) is 8.69. The van der Waals surface area contributed by atoms with Crippen molar-refractivity contribution in [3.05, 3.63) is 94.8 Å². The Balaban J connectivity index is 1.71. The van der Waals surface area contributed by atoms with E-state index >= 15 is 0 Å². The summed E-state index contributed by atoms with van der Waals surface area (Å²) in [5.41, 5.74) is 0.607. The van der Waals surface area contributed by atoms with Gasteiger partial charge < -0.3 is 5.32 Å². The lowest BCUT2D eigenvalue weighted by atomic mass is 10.2. The number of hydrogen-bond donors (Lipinski definition) is 1. The maximum Gasteiger partial charge on any atom is 0.266 e. The molecule has 156 valence electrons. The Hall–Kier alpha value is -3.52. The van der Waals surface area contributed by atoms with E-state index < -0.39 is 22.8 Å². The van der Waals surface area contributed by atoms with Crippen LogP contribution in [-0.4, -0.2) is 20.7 Å². The molecular formula is C23H17F2N3O2S. The van der Waals surface area contributed by atoms with E-state index in [1.807, 2.05) is 6.07 Å². The molecule has 0 aliphatic heterocycles. The van der Waals surface area contributed by atoms with Crippen LogP contribution in [0.1, 0.15) is 6.92 Å². The lowest BCUT2D eigenvalue weighted by molar-refractivity contribution is -0.115. The number of thioether (sulfide) groups is 1. The van der Waals surface area contributed by atoms with Crippen LogP contribution in [-0.2, 0) is 4.79 Å². The molecule has 5 nitrogen and oxygen atoms in total. The second-order valence-corrected chi connectivity index (χ2v) is 8.07. The number of amides is 1. The third-order valence-corrected chi connectivity index (χ3v) is 5.65. The SMILES string of the molecule is CC(Sc1nc2ccccc2c(=O)n1-c1ccccc1)C(=O)Nc1cc(F)ccc1F. The quantitative estimate of drug-likeness (QED) is 0.360. The van der Waals surface area contributed by atoms with Crippen molar-refractivity contribution in [2.45, 2.75) is 17.3 Å². The summed E-state index contributed by atoms with van der Waals surface area (Å²) in [4.78, 5) is 30.4. The summed E-state index contributed by atoms with van der Waals surface area (Å²) in [6.07, 6.45) is 0. The molecule has 8 heteroatoms. The molecule has 0 saturated heterocycles. The molecule has 4 rings (SSSR count). The molecule has 1 heterocycles. The van der Waals surface area contributed by atoms with Gasteiger partial charge in [-0.3, -0.25) is 14.2 Å². The molecule has 1 unspecified atom stereocenters. The maximum absolute atomic E-state index is 13.9. The number of anilines is 1. The summed E-state index contributed by atoms with van der Waals surface area (Å²) in [6, 6.07) is 18.8. The Bertz CT molecular complexity index is 1330. The largest absolute Gasteiger partial charge is 0.323 e. The van der Waals surface area contributed by atoms with Gasteiger partial charge in [-0.1, -0.05) is 42.1 Å². The van der Waals surface area contributed by atoms with Gasteiger partial charge in [0.25, 0.3) is 5.56 Å². The molecule has 1 N–H and O–H groups in total. The molecule has 0 spiro atoms. The highest BCUT2D eigenvalue weighted by Crippen LogP contribution is 2.26. The van der Waals surface area contributed by atoms with Gasteiger partial charge in [0.2, 0.25) is 5.91 Å². The average Bonchev–Trinajstić information content (AvgIpc) is 2.77. The zero-order valence-corrected chi connectivity index (χ0v) is 17.2. The summed E-state index contributed by atoms with van der Waals surface area (Å²) in [5, 5.41) is 2.42. The number of hydrogen-bond acceptors (Lipinski definition) is 4. The van der Waals surface area contributed by atoms with E-state index in [-0.39, 0.29) is 11.2 Å². The van der Waals surface area contributed by atoms with Crippen LogP contribution in [0.15, 0.2) is 82.7 Å². The summed E-state index contributed by atoms with van der Waals surface area (Å²) in [6.45, 7) is 1.61. The minimum Gasteiger partial charge on any atom is -0.323 e. The maximum atomic E-state index is 13.9. The van der Waals surface area contributed by atoms with Crippen molar-refractivity contribution in [1.82, 2.24) is 9.55 Å². The van der Waals surface area contributed by atoms with E-state index in [0.717, 1.165) is 30.0 Å². The standard InChI is InChI=1S/C23H17F2N3O2S/c1-14(21(29)26-20-13-15(24)11-12-18(20)25)31-23-27-19-10-6-5-9-17(19)22(30)28(23)16-7-3-2-4-8-16/h2-14H,1H3,(H,26,29).